The third-order valence-corrected chi connectivity index (χ3v) is 12.5. The van der Waals surface area contributed by atoms with E-state index in [1.54, 1.807) is 9.13 Å². The molecule has 0 aromatic carbocycles. The minimum absolute atomic E-state index is 0.000414. The molecule has 6 N–H and O–H groups in total. The van der Waals surface area contributed by atoms with Gasteiger partial charge in [-0.3, -0.25) is 29.8 Å². The Bertz CT molecular complexity index is 1690. The summed E-state index contributed by atoms with van der Waals surface area (Å²) in [6.07, 6.45) is 16.2. The van der Waals surface area contributed by atoms with Gasteiger partial charge in [0.05, 0.1) is 24.2 Å². The molecule has 2 aromatic heterocycles. The zero-order valence-electron chi connectivity index (χ0n) is 30.3. The van der Waals surface area contributed by atoms with E-state index in [0.29, 0.717) is 24.2 Å². The smallest absolute Gasteiger partial charge is 0.258 e. The van der Waals surface area contributed by atoms with Gasteiger partial charge >= 0.3 is 0 Å². The number of carbonyl (C=O) groups is 2. The third kappa shape index (κ3) is 6.74. The van der Waals surface area contributed by atoms with E-state index in [-0.39, 0.29) is 84.0 Å². The molecule has 0 radical (unpaired) electrons. The molecule has 8 rings (SSSR count). The topological polar surface area (TPSA) is 167 Å². The van der Waals surface area contributed by atoms with Gasteiger partial charge in [-0.15, -0.1) is 0 Å². The Balaban J connectivity index is 0.000000162. The fourth-order valence-electron chi connectivity index (χ4n) is 9.88. The zero-order valence-corrected chi connectivity index (χ0v) is 30.3. The van der Waals surface area contributed by atoms with Crippen molar-refractivity contribution in [3.8, 4) is 0 Å². The number of nitrogens with one attached hydrogen (secondary N) is 4. The van der Waals surface area contributed by atoms with Gasteiger partial charge in [-0.1, -0.05) is 50.0 Å². The van der Waals surface area contributed by atoms with E-state index in [9.17, 15) is 29.4 Å². The number of aliphatic hydroxyl groups excluding tert-OH is 2. The Morgan fingerprint density at radius 2 is 1.08 bits per heavy atom. The zero-order chi connectivity index (χ0) is 36.5. The monoisotopic (exact) mass is 714 g/mol. The normalized spacial score (nSPS) is 30.7. The van der Waals surface area contributed by atoms with Gasteiger partial charge in [0.2, 0.25) is 11.8 Å². The number of aromatic nitrogens is 2. The van der Waals surface area contributed by atoms with Crippen LogP contribution in [0, 0.1) is 23.7 Å². The van der Waals surface area contributed by atoms with E-state index in [0.717, 1.165) is 37.1 Å². The molecule has 0 bridgehead atoms. The van der Waals surface area contributed by atoms with Crippen LogP contribution < -0.4 is 32.4 Å². The maximum Gasteiger partial charge on any atom is 0.258 e. The summed E-state index contributed by atoms with van der Waals surface area (Å²) in [6, 6.07) is 7.27. The summed E-state index contributed by atoms with van der Waals surface area (Å²) in [4.78, 5) is 50.8. The maximum absolute atomic E-state index is 12.8. The molecule has 2 saturated carbocycles. The van der Waals surface area contributed by atoms with Crippen LogP contribution in [0.5, 0.6) is 0 Å². The molecule has 6 aliphatic rings. The molecule has 280 valence electrons. The Labute approximate surface area is 304 Å². The number of fused-ring (bicyclic) bond motifs is 6. The molecule has 4 aliphatic heterocycles. The Kier molecular flexibility index (Phi) is 11.0. The standard InChI is InChI=1S/2C20H27N3O3/c2*1-2-5-12-8-9-16-17-14(10-23(16)20(12)26)15(11-24)18(22-17)19(25)21-13-6-3-4-7-13/h2*2,5,8-9,13-15,17-18,22,24H,3-4,6-7,10-11H2,1H3,(H,21,25)/b5-2+;5-2-/t2*14-,15-,17+,18-/m11/s1. The van der Waals surface area contributed by atoms with Crippen molar-refractivity contribution >= 4 is 24.0 Å². The van der Waals surface area contributed by atoms with Crippen LogP contribution in [0.3, 0.4) is 0 Å². The molecule has 6 heterocycles. The number of hydrogen-bond acceptors (Lipinski definition) is 8. The summed E-state index contributed by atoms with van der Waals surface area (Å²) >= 11 is 0. The number of allylic oxidation sites excluding steroid dienone is 2. The van der Waals surface area contributed by atoms with E-state index in [1.807, 2.05) is 62.4 Å². The van der Waals surface area contributed by atoms with Crippen molar-refractivity contribution in [1.29, 1.82) is 0 Å². The molecule has 4 fully saturated rings. The van der Waals surface area contributed by atoms with Crippen molar-refractivity contribution in [3.05, 3.63) is 79.6 Å². The van der Waals surface area contributed by atoms with Crippen molar-refractivity contribution in [2.24, 2.45) is 23.7 Å². The Morgan fingerprint density at radius 1 is 0.692 bits per heavy atom. The first kappa shape index (κ1) is 36.5. The second-order valence-electron chi connectivity index (χ2n) is 15.5. The molecule has 2 amide bonds. The lowest BCUT2D eigenvalue weighted by molar-refractivity contribution is -0.125. The van der Waals surface area contributed by atoms with Crippen LogP contribution in [-0.4, -0.2) is 68.5 Å². The summed E-state index contributed by atoms with van der Waals surface area (Å²) < 4.78 is 3.59. The minimum atomic E-state index is -0.394. The fourth-order valence-corrected chi connectivity index (χ4v) is 9.88. The quantitative estimate of drug-likeness (QED) is 0.243. The highest BCUT2D eigenvalue weighted by atomic mass is 16.3. The van der Waals surface area contributed by atoms with Crippen LogP contribution >= 0.6 is 0 Å². The van der Waals surface area contributed by atoms with E-state index < -0.39 is 12.1 Å². The SMILES string of the molecule is C/C=C/c1ccc2n(c1=O)C[C@@H]1[C@@H](CO)[C@H](C(=O)NC3CCCC3)N[C@H]21.C/C=C\c1ccc2n(c1=O)C[C@@H]1[C@@H](CO)[C@H](C(=O)NC3CCCC3)N[C@H]21. The van der Waals surface area contributed by atoms with Crippen LogP contribution in [0.4, 0.5) is 0 Å². The molecule has 52 heavy (non-hydrogen) atoms. The number of hydrogen-bond donors (Lipinski definition) is 6. The lowest BCUT2D eigenvalue weighted by atomic mass is 9.88. The second kappa shape index (κ2) is 15.6. The van der Waals surface area contributed by atoms with E-state index >= 15 is 0 Å². The van der Waals surface area contributed by atoms with Crippen molar-refractivity contribution in [1.82, 2.24) is 30.4 Å². The highest BCUT2D eigenvalue weighted by Gasteiger charge is 2.52. The number of pyridine rings is 2. The Hall–Kier alpha value is -3.84. The van der Waals surface area contributed by atoms with Gasteiger partial charge in [0.15, 0.2) is 0 Å². The molecule has 12 nitrogen and oxygen atoms in total. The predicted octanol–water partition coefficient (Wildman–Crippen LogP) is 2.38. The molecule has 0 unspecified atom stereocenters. The van der Waals surface area contributed by atoms with E-state index in [4.69, 9.17) is 0 Å². The van der Waals surface area contributed by atoms with Crippen molar-refractivity contribution in [2.45, 2.75) is 115 Å². The summed E-state index contributed by atoms with van der Waals surface area (Å²) in [6.45, 7) is 4.78. The fraction of sp³-hybridized carbons (Fsp3) is 0.600. The summed E-state index contributed by atoms with van der Waals surface area (Å²) in [5.74, 6) is -0.243. The molecule has 12 heteroatoms. The first-order valence-corrected chi connectivity index (χ1v) is 19.3. The van der Waals surface area contributed by atoms with Crippen molar-refractivity contribution in [3.63, 3.8) is 0 Å². The van der Waals surface area contributed by atoms with Crippen LogP contribution in [-0.2, 0) is 22.7 Å². The molecule has 2 aliphatic carbocycles. The number of rotatable bonds is 8. The largest absolute Gasteiger partial charge is 0.396 e. The highest BCUT2D eigenvalue weighted by Crippen LogP contribution is 2.44. The first-order chi connectivity index (χ1) is 25.3. The van der Waals surface area contributed by atoms with E-state index in [2.05, 4.69) is 21.3 Å². The molecule has 2 aromatic rings. The second-order valence-corrected chi connectivity index (χ2v) is 15.5. The van der Waals surface area contributed by atoms with E-state index in [1.165, 1.54) is 25.7 Å². The minimum Gasteiger partial charge on any atom is -0.396 e. The van der Waals surface area contributed by atoms with Crippen LogP contribution in [0.15, 0.2) is 46.0 Å². The van der Waals surface area contributed by atoms with Crippen molar-refractivity contribution in [2.75, 3.05) is 13.2 Å². The highest BCUT2D eigenvalue weighted by molar-refractivity contribution is 5.83. The van der Waals surface area contributed by atoms with Gasteiger partial charge in [-0.05, 0) is 63.8 Å². The summed E-state index contributed by atoms with van der Waals surface area (Å²) in [5, 5.41) is 33.0. The third-order valence-electron chi connectivity index (χ3n) is 12.5. The maximum atomic E-state index is 12.8. The van der Waals surface area contributed by atoms with Gasteiger partial charge in [-0.25, -0.2) is 0 Å². The van der Waals surface area contributed by atoms with Gasteiger partial charge in [0, 0.05) is 84.6 Å². The van der Waals surface area contributed by atoms with Gasteiger partial charge in [0.25, 0.3) is 11.1 Å². The van der Waals surface area contributed by atoms with Gasteiger partial charge in [-0.2, -0.15) is 0 Å². The predicted molar refractivity (Wildman–Crippen MR) is 199 cm³/mol. The molecule has 0 spiro atoms. The summed E-state index contributed by atoms with van der Waals surface area (Å²) in [7, 11) is 0. The number of carbonyl (C=O) groups excluding carboxylic acids is 2. The van der Waals surface area contributed by atoms with Crippen LogP contribution in [0.25, 0.3) is 12.2 Å². The van der Waals surface area contributed by atoms with Gasteiger partial charge in [0.1, 0.15) is 0 Å². The first-order valence-electron chi connectivity index (χ1n) is 19.3. The average Bonchev–Trinajstić information content (AvgIpc) is 3.99. The molecule has 2 saturated heterocycles. The molecule has 8 atom stereocenters. The lowest BCUT2D eigenvalue weighted by Crippen LogP contribution is -2.48. The lowest BCUT2D eigenvalue weighted by Gasteiger charge is -2.23. The van der Waals surface area contributed by atoms with Crippen LogP contribution in [0.2, 0.25) is 0 Å². The number of nitrogens with zero attached hydrogens (tertiary/aromatic N) is 2. The molecular formula is C40H54N6O6. The Morgan fingerprint density at radius 3 is 1.42 bits per heavy atom. The van der Waals surface area contributed by atoms with Crippen molar-refractivity contribution < 1.29 is 19.8 Å². The van der Waals surface area contributed by atoms with Gasteiger partial charge < -0.3 is 30.0 Å². The van der Waals surface area contributed by atoms with Crippen LogP contribution in [0.1, 0.15) is 99.8 Å². The number of aliphatic hydroxyl groups is 2. The number of amides is 2. The average molecular weight is 715 g/mol. The molecular weight excluding hydrogens is 660 g/mol. The summed E-state index contributed by atoms with van der Waals surface area (Å²) in [5.41, 5.74) is 3.19.